The number of pyridine rings is 1. The van der Waals surface area contributed by atoms with Gasteiger partial charge in [0.2, 0.25) is 5.91 Å². The second kappa shape index (κ2) is 11.7. The normalized spacial score (nSPS) is 15.2. The van der Waals surface area contributed by atoms with Gasteiger partial charge in [0.15, 0.2) is 0 Å². The minimum Gasteiger partial charge on any atom is -0.497 e. The van der Waals surface area contributed by atoms with E-state index >= 15 is 0 Å². The van der Waals surface area contributed by atoms with Crippen LogP contribution in [0, 0.1) is 0 Å². The molecule has 0 atom stereocenters. The molecular weight excluding hydrogens is 510 g/mol. The number of hydrogen-bond acceptors (Lipinski definition) is 8. The van der Waals surface area contributed by atoms with Crippen molar-refractivity contribution in [3.05, 3.63) is 60.3 Å². The molecule has 40 heavy (non-hydrogen) atoms. The van der Waals surface area contributed by atoms with Crippen LogP contribution in [-0.4, -0.2) is 75.3 Å². The van der Waals surface area contributed by atoms with Gasteiger partial charge in [-0.1, -0.05) is 0 Å². The first-order valence-electron chi connectivity index (χ1n) is 13.3. The van der Waals surface area contributed by atoms with Gasteiger partial charge in [-0.2, -0.15) is 0 Å². The quantitative estimate of drug-likeness (QED) is 0.442. The molecule has 1 saturated heterocycles. The van der Waals surface area contributed by atoms with Gasteiger partial charge in [0.25, 0.3) is 0 Å². The highest BCUT2D eigenvalue weighted by molar-refractivity contribution is 6.06. The summed E-state index contributed by atoms with van der Waals surface area (Å²) in [7, 11) is 3.18. The van der Waals surface area contributed by atoms with Crippen molar-refractivity contribution in [2.24, 2.45) is 5.73 Å². The fraction of sp³-hybridized carbons (Fsp3) is 0.345. The highest BCUT2D eigenvalue weighted by Crippen LogP contribution is 2.36. The summed E-state index contributed by atoms with van der Waals surface area (Å²) in [5.41, 5.74) is 9.95. The molecule has 0 spiro atoms. The largest absolute Gasteiger partial charge is 0.497 e. The Hall–Kier alpha value is -4.51. The van der Waals surface area contributed by atoms with Crippen molar-refractivity contribution in [1.82, 2.24) is 9.88 Å². The predicted molar refractivity (Wildman–Crippen MR) is 156 cm³/mol. The van der Waals surface area contributed by atoms with Gasteiger partial charge >= 0.3 is 6.03 Å². The number of ether oxygens (including phenoxy) is 2. The van der Waals surface area contributed by atoms with E-state index in [0.29, 0.717) is 49.2 Å². The molecule has 2 aromatic carbocycles. The summed E-state index contributed by atoms with van der Waals surface area (Å²) >= 11 is 0. The fourth-order valence-electron chi connectivity index (χ4n) is 5.10. The number of rotatable bonds is 8. The number of carbonyl (C=O) groups excluding carboxylic acids is 2. The smallest absolute Gasteiger partial charge is 0.329 e. The molecule has 0 unspecified atom stereocenters. The van der Waals surface area contributed by atoms with Crippen LogP contribution in [0.25, 0.3) is 0 Å². The van der Waals surface area contributed by atoms with Crippen molar-refractivity contribution in [2.75, 3.05) is 73.5 Å². The van der Waals surface area contributed by atoms with Crippen LogP contribution in [-0.2, 0) is 11.3 Å². The Morgan fingerprint density at radius 2 is 1.65 bits per heavy atom. The van der Waals surface area contributed by atoms with Gasteiger partial charge < -0.3 is 30.3 Å². The lowest BCUT2D eigenvalue weighted by Crippen LogP contribution is -2.50. The summed E-state index contributed by atoms with van der Waals surface area (Å²) in [6.45, 7) is 5.77. The zero-order valence-corrected chi connectivity index (χ0v) is 23.1. The minimum atomic E-state index is -0.125. The van der Waals surface area contributed by atoms with Crippen molar-refractivity contribution in [3.63, 3.8) is 0 Å². The van der Waals surface area contributed by atoms with Crippen molar-refractivity contribution < 1.29 is 19.1 Å². The molecule has 11 heteroatoms. The number of hydrogen-bond donors (Lipinski definition) is 2. The third-order valence-electron chi connectivity index (χ3n) is 7.32. The number of nitrogens with two attached hydrogens (primary N) is 1. The van der Waals surface area contributed by atoms with E-state index < -0.39 is 0 Å². The zero-order chi connectivity index (χ0) is 28.2. The maximum absolute atomic E-state index is 13.5. The first-order chi connectivity index (χ1) is 19.4. The number of aromatic nitrogens is 1. The van der Waals surface area contributed by atoms with E-state index in [1.807, 2.05) is 48.4 Å². The van der Waals surface area contributed by atoms with Gasteiger partial charge in [-0.25, -0.2) is 9.78 Å². The molecule has 5 rings (SSSR count). The standard InChI is InChI=1S/C29H35N7O4/c1-4-35-26-16-27(32-21-5-7-22(8-6-21)33-9-11-34(12-10-33)28(37)17-30)31-18-20(26)19-36(29(35)38)23-13-24(39-2)15-25(14-23)40-3/h5-8,13-16,18H,4,9-12,17,19,30H2,1-3H3,(H,31,32). The minimum absolute atomic E-state index is 0.00618. The van der Waals surface area contributed by atoms with Gasteiger partial charge in [-0.15, -0.1) is 0 Å². The average molecular weight is 546 g/mol. The molecule has 3 amide bonds. The molecule has 0 bridgehead atoms. The van der Waals surface area contributed by atoms with Crippen molar-refractivity contribution in [2.45, 2.75) is 13.5 Å². The molecule has 1 fully saturated rings. The number of nitrogens with zero attached hydrogens (tertiary/aromatic N) is 5. The SMILES string of the molecule is CCN1C(=O)N(c2cc(OC)cc(OC)c2)Cc2cnc(Nc3ccc(N4CCN(C(=O)CN)CC4)cc3)cc21. The first-order valence-corrected chi connectivity index (χ1v) is 13.3. The van der Waals surface area contributed by atoms with Crippen LogP contribution in [0.5, 0.6) is 11.5 Å². The van der Waals surface area contributed by atoms with Gasteiger partial charge in [0.05, 0.1) is 38.7 Å². The predicted octanol–water partition coefficient (Wildman–Crippen LogP) is 3.42. The number of nitrogens with one attached hydrogen (secondary N) is 1. The lowest BCUT2D eigenvalue weighted by atomic mass is 10.1. The van der Waals surface area contributed by atoms with E-state index in [2.05, 4.69) is 27.3 Å². The van der Waals surface area contributed by atoms with Crippen molar-refractivity contribution in [3.8, 4) is 11.5 Å². The van der Waals surface area contributed by atoms with Gasteiger partial charge in [-0.05, 0) is 31.2 Å². The van der Waals surface area contributed by atoms with E-state index in [-0.39, 0.29) is 18.5 Å². The van der Waals surface area contributed by atoms with Crippen LogP contribution in [0.15, 0.2) is 54.7 Å². The van der Waals surface area contributed by atoms with Gasteiger partial charge in [0.1, 0.15) is 17.3 Å². The Morgan fingerprint density at radius 1 is 0.975 bits per heavy atom. The number of urea groups is 1. The third kappa shape index (κ3) is 5.46. The van der Waals surface area contributed by atoms with Crippen LogP contribution in [0.4, 0.5) is 33.4 Å². The number of fused-ring (bicyclic) bond motifs is 1. The monoisotopic (exact) mass is 545 g/mol. The maximum Gasteiger partial charge on any atom is 0.329 e. The summed E-state index contributed by atoms with van der Waals surface area (Å²) < 4.78 is 10.8. The number of carbonyl (C=O) groups is 2. The molecule has 3 aromatic rings. The van der Waals surface area contributed by atoms with E-state index in [1.165, 1.54) is 0 Å². The number of benzene rings is 2. The molecule has 0 radical (unpaired) electrons. The number of amides is 3. The van der Waals surface area contributed by atoms with Crippen molar-refractivity contribution >= 4 is 40.5 Å². The Balaban J connectivity index is 1.30. The molecule has 210 valence electrons. The lowest BCUT2D eigenvalue weighted by Gasteiger charge is -2.36. The number of anilines is 5. The second-order valence-corrected chi connectivity index (χ2v) is 9.63. The Morgan fingerprint density at radius 3 is 2.25 bits per heavy atom. The second-order valence-electron chi connectivity index (χ2n) is 9.63. The Kier molecular flexibility index (Phi) is 7.92. The molecule has 11 nitrogen and oxygen atoms in total. The maximum atomic E-state index is 13.5. The molecular formula is C29H35N7O4. The summed E-state index contributed by atoms with van der Waals surface area (Å²) in [6, 6.07) is 15.4. The molecule has 3 N–H and O–H groups in total. The third-order valence-corrected chi connectivity index (χ3v) is 7.32. The molecule has 3 heterocycles. The Labute approximate surface area is 234 Å². The van der Waals surface area contributed by atoms with E-state index in [0.717, 1.165) is 35.7 Å². The summed E-state index contributed by atoms with van der Waals surface area (Å²) in [5.74, 6) is 1.88. The zero-order valence-electron chi connectivity index (χ0n) is 23.1. The Bertz CT molecular complexity index is 1350. The van der Waals surface area contributed by atoms with E-state index in [1.54, 1.807) is 30.1 Å². The van der Waals surface area contributed by atoms with Gasteiger partial charge in [0, 0.05) is 80.1 Å². The fourth-order valence-corrected chi connectivity index (χ4v) is 5.10. The number of methoxy groups -OCH3 is 2. The van der Waals surface area contributed by atoms with Crippen molar-refractivity contribution in [1.29, 1.82) is 0 Å². The highest BCUT2D eigenvalue weighted by atomic mass is 16.5. The molecule has 2 aliphatic heterocycles. The molecule has 1 aromatic heterocycles. The van der Waals surface area contributed by atoms with Crippen LogP contribution in [0.1, 0.15) is 12.5 Å². The highest BCUT2D eigenvalue weighted by Gasteiger charge is 2.31. The molecule has 2 aliphatic rings. The van der Waals surface area contributed by atoms with Crippen LogP contribution in [0.2, 0.25) is 0 Å². The topological polar surface area (TPSA) is 116 Å². The van der Waals surface area contributed by atoms with Crippen LogP contribution >= 0.6 is 0 Å². The van der Waals surface area contributed by atoms with Crippen LogP contribution < -0.4 is 35.2 Å². The van der Waals surface area contributed by atoms with Crippen LogP contribution in [0.3, 0.4) is 0 Å². The summed E-state index contributed by atoms with van der Waals surface area (Å²) in [6.07, 6.45) is 1.81. The van der Waals surface area contributed by atoms with E-state index in [4.69, 9.17) is 15.2 Å². The van der Waals surface area contributed by atoms with Gasteiger partial charge in [-0.3, -0.25) is 14.6 Å². The summed E-state index contributed by atoms with van der Waals surface area (Å²) in [4.78, 5) is 37.5. The summed E-state index contributed by atoms with van der Waals surface area (Å²) in [5, 5.41) is 3.37. The first kappa shape index (κ1) is 27.1. The molecule has 0 aliphatic carbocycles. The molecule has 0 saturated carbocycles. The average Bonchev–Trinajstić information content (AvgIpc) is 3.00. The number of piperazine rings is 1. The lowest BCUT2D eigenvalue weighted by molar-refractivity contribution is -0.129. The van der Waals surface area contributed by atoms with E-state index in [9.17, 15) is 9.59 Å².